The molecule has 6 heteroatoms. The fourth-order valence-electron chi connectivity index (χ4n) is 2.71. The molecule has 0 radical (unpaired) electrons. The van der Waals surface area contributed by atoms with Crippen LogP contribution >= 0.6 is 7.60 Å². The van der Waals surface area contributed by atoms with Crippen LogP contribution in [-0.4, -0.2) is 24.7 Å². The fourth-order valence-corrected chi connectivity index (χ4v) is 4.72. The molecule has 0 bridgehead atoms. The lowest BCUT2D eigenvalue weighted by Crippen LogP contribution is -2.25. The van der Waals surface area contributed by atoms with Gasteiger partial charge in [-0.05, 0) is 44.5 Å². The van der Waals surface area contributed by atoms with Gasteiger partial charge in [0.05, 0.1) is 18.7 Å². The standard InChI is InChI=1S/C18H27N2O3P/c1-4-7-13-20-18(24(21,22-5-2)23-6-3)16-12-14-19-17-11-9-8-10-15(16)17/h8-12,14,18,20H,4-7,13H2,1-3H3. The highest BCUT2D eigenvalue weighted by Crippen LogP contribution is 2.60. The number of benzene rings is 1. The maximum atomic E-state index is 13.4. The average molecular weight is 350 g/mol. The summed E-state index contributed by atoms with van der Waals surface area (Å²) in [7, 11) is -3.33. The first-order chi connectivity index (χ1) is 11.7. The summed E-state index contributed by atoms with van der Waals surface area (Å²) >= 11 is 0. The Morgan fingerprint density at radius 2 is 1.83 bits per heavy atom. The molecule has 1 heterocycles. The zero-order valence-corrected chi connectivity index (χ0v) is 15.6. The van der Waals surface area contributed by atoms with Gasteiger partial charge in [-0.15, -0.1) is 0 Å². The Hall–Kier alpha value is -1.26. The van der Waals surface area contributed by atoms with Gasteiger partial charge in [-0.3, -0.25) is 14.9 Å². The molecule has 2 aromatic rings. The molecule has 1 N–H and O–H groups in total. The van der Waals surface area contributed by atoms with Crippen molar-refractivity contribution >= 4 is 18.5 Å². The molecule has 1 unspecified atom stereocenters. The van der Waals surface area contributed by atoms with Crippen molar-refractivity contribution < 1.29 is 13.6 Å². The van der Waals surface area contributed by atoms with Gasteiger partial charge in [-0.25, -0.2) is 0 Å². The zero-order valence-electron chi connectivity index (χ0n) is 14.7. The lowest BCUT2D eigenvalue weighted by atomic mass is 10.1. The van der Waals surface area contributed by atoms with E-state index in [9.17, 15) is 4.57 Å². The Bertz CT molecular complexity index is 678. The van der Waals surface area contributed by atoms with E-state index < -0.39 is 13.4 Å². The molecule has 0 saturated heterocycles. The molecule has 1 aromatic heterocycles. The first-order valence-electron chi connectivity index (χ1n) is 8.62. The van der Waals surface area contributed by atoms with Crippen molar-refractivity contribution in [2.45, 2.75) is 39.4 Å². The van der Waals surface area contributed by atoms with Crippen LogP contribution in [-0.2, 0) is 13.6 Å². The predicted molar refractivity (Wildman–Crippen MR) is 98.3 cm³/mol. The maximum absolute atomic E-state index is 13.4. The average Bonchev–Trinajstić information content (AvgIpc) is 2.59. The minimum atomic E-state index is -3.33. The second kappa shape index (κ2) is 9.28. The van der Waals surface area contributed by atoms with Gasteiger partial charge in [0.25, 0.3) is 0 Å². The smallest absolute Gasteiger partial charge is 0.308 e. The summed E-state index contributed by atoms with van der Waals surface area (Å²) in [5.74, 6) is -0.503. The number of unbranched alkanes of at least 4 members (excludes halogenated alkanes) is 1. The van der Waals surface area contributed by atoms with Crippen LogP contribution in [0.5, 0.6) is 0 Å². The fraction of sp³-hybridized carbons (Fsp3) is 0.500. The molecule has 1 aromatic carbocycles. The molecule has 0 aliphatic carbocycles. The summed E-state index contributed by atoms with van der Waals surface area (Å²) < 4.78 is 24.7. The Morgan fingerprint density at radius 1 is 1.12 bits per heavy atom. The van der Waals surface area contributed by atoms with E-state index in [1.165, 1.54) is 0 Å². The van der Waals surface area contributed by atoms with E-state index in [-0.39, 0.29) is 0 Å². The van der Waals surface area contributed by atoms with Crippen molar-refractivity contribution in [3.63, 3.8) is 0 Å². The minimum absolute atomic E-state index is 0.340. The van der Waals surface area contributed by atoms with Gasteiger partial charge in [0.15, 0.2) is 0 Å². The minimum Gasteiger partial charge on any atom is -0.308 e. The van der Waals surface area contributed by atoms with E-state index in [0.717, 1.165) is 35.9 Å². The molecule has 0 saturated carbocycles. The Kier molecular flexibility index (Phi) is 7.38. The number of rotatable bonds is 10. The predicted octanol–water partition coefficient (Wildman–Crippen LogP) is 4.89. The summed E-state index contributed by atoms with van der Waals surface area (Å²) in [5, 5.41) is 4.36. The first-order valence-corrected chi connectivity index (χ1v) is 10.2. The van der Waals surface area contributed by atoms with Crippen LogP contribution in [0.3, 0.4) is 0 Å². The molecule has 24 heavy (non-hydrogen) atoms. The van der Waals surface area contributed by atoms with Crippen LogP contribution in [0.1, 0.15) is 45.0 Å². The largest absolute Gasteiger partial charge is 0.351 e. The van der Waals surface area contributed by atoms with E-state index in [4.69, 9.17) is 9.05 Å². The molecule has 0 amide bonds. The maximum Gasteiger partial charge on any atom is 0.351 e. The van der Waals surface area contributed by atoms with Gasteiger partial charge in [0, 0.05) is 11.6 Å². The Labute approximate surface area is 144 Å². The zero-order chi connectivity index (χ0) is 17.4. The number of pyridine rings is 1. The van der Waals surface area contributed by atoms with Crippen LogP contribution in [0, 0.1) is 0 Å². The summed E-state index contributed by atoms with van der Waals surface area (Å²) in [5.41, 5.74) is 1.78. The van der Waals surface area contributed by atoms with E-state index in [1.807, 2.05) is 44.2 Å². The topological polar surface area (TPSA) is 60.5 Å². The Morgan fingerprint density at radius 3 is 2.50 bits per heavy atom. The van der Waals surface area contributed by atoms with Crippen LogP contribution < -0.4 is 5.32 Å². The van der Waals surface area contributed by atoms with E-state index >= 15 is 0 Å². The first kappa shape index (κ1) is 19.1. The van der Waals surface area contributed by atoms with Gasteiger partial charge < -0.3 is 9.05 Å². The van der Waals surface area contributed by atoms with Crippen molar-refractivity contribution in [3.05, 3.63) is 42.1 Å². The second-order valence-electron chi connectivity index (χ2n) is 5.50. The third-order valence-electron chi connectivity index (χ3n) is 3.78. The summed E-state index contributed by atoms with van der Waals surface area (Å²) in [6.07, 6.45) is 3.80. The molecule has 0 aliphatic rings. The summed E-state index contributed by atoms with van der Waals surface area (Å²) in [6, 6.07) is 9.76. The molecule has 5 nitrogen and oxygen atoms in total. The highest BCUT2D eigenvalue weighted by Gasteiger charge is 2.37. The molecule has 132 valence electrons. The normalized spacial score (nSPS) is 13.3. The van der Waals surface area contributed by atoms with Gasteiger partial charge in [0.1, 0.15) is 5.78 Å². The number of hydrogen-bond donors (Lipinski definition) is 1. The second-order valence-corrected chi connectivity index (χ2v) is 7.62. The third-order valence-corrected chi connectivity index (χ3v) is 6.11. The monoisotopic (exact) mass is 350 g/mol. The molecular weight excluding hydrogens is 323 g/mol. The van der Waals surface area contributed by atoms with Crippen LogP contribution in [0.25, 0.3) is 10.9 Å². The van der Waals surface area contributed by atoms with E-state index in [2.05, 4.69) is 17.2 Å². The lowest BCUT2D eigenvalue weighted by Gasteiger charge is -2.28. The van der Waals surface area contributed by atoms with Gasteiger partial charge >= 0.3 is 7.60 Å². The summed E-state index contributed by atoms with van der Waals surface area (Å²) in [6.45, 7) is 7.22. The van der Waals surface area contributed by atoms with Crippen molar-refractivity contribution in [1.29, 1.82) is 0 Å². The van der Waals surface area contributed by atoms with Crippen LogP contribution in [0.15, 0.2) is 36.5 Å². The van der Waals surface area contributed by atoms with Crippen molar-refractivity contribution in [2.24, 2.45) is 0 Å². The molecule has 1 atom stereocenters. The van der Waals surface area contributed by atoms with Crippen molar-refractivity contribution in [3.8, 4) is 0 Å². The number of hydrogen-bond acceptors (Lipinski definition) is 5. The molecule has 0 fully saturated rings. The molecule has 2 rings (SSSR count). The number of nitrogens with one attached hydrogen (secondary N) is 1. The molecule has 0 aliphatic heterocycles. The number of para-hydroxylation sites is 1. The summed E-state index contributed by atoms with van der Waals surface area (Å²) in [4.78, 5) is 4.40. The molecular formula is C18H27N2O3P. The van der Waals surface area contributed by atoms with E-state index in [0.29, 0.717) is 13.2 Å². The highest BCUT2D eigenvalue weighted by atomic mass is 31.2. The number of aromatic nitrogens is 1. The van der Waals surface area contributed by atoms with Gasteiger partial charge in [-0.1, -0.05) is 31.5 Å². The van der Waals surface area contributed by atoms with Gasteiger partial charge in [-0.2, -0.15) is 0 Å². The van der Waals surface area contributed by atoms with E-state index in [1.54, 1.807) is 6.20 Å². The van der Waals surface area contributed by atoms with Gasteiger partial charge in [0.2, 0.25) is 0 Å². The Balaban J connectivity index is 2.49. The molecule has 0 spiro atoms. The number of fused-ring (bicyclic) bond motifs is 1. The quantitative estimate of drug-likeness (QED) is 0.488. The van der Waals surface area contributed by atoms with Crippen LogP contribution in [0.2, 0.25) is 0 Å². The van der Waals surface area contributed by atoms with Crippen LogP contribution in [0.4, 0.5) is 0 Å². The highest BCUT2D eigenvalue weighted by molar-refractivity contribution is 7.54. The third kappa shape index (κ3) is 4.42. The SMILES string of the molecule is CCCCNC(c1ccnc2ccccc12)P(=O)(OCC)OCC. The number of nitrogens with zero attached hydrogens (tertiary/aromatic N) is 1. The van der Waals surface area contributed by atoms with Crippen molar-refractivity contribution in [2.75, 3.05) is 19.8 Å². The lowest BCUT2D eigenvalue weighted by molar-refractivity contribution is 0.207. The van der Waals surface area contributed by atoms with Crippen molar-refractivity contribution in [1.82, 2.24) is 10.3 Å².